The maximum Gasteiger partial charge on any atom is 0.256 e. The molecule has 100 valence electrons. The average molecular weight is 330 g/mol. The first-order valence-electron chi connectivity index (χ1n) is 6.78. The lowest BCUT2D eigenvalue weighted by molar-refractivity contribution is -0.819. The van der Waals surface area contributed by atoms with E-state index in [9.17, 15) is 4.79 Å². The van der Waals surface area contributed by atoms with E-state index in [1.807, 2.05) is 28.7 Å². The van der Waals surface area contributed by atoms with Crippen molar-refractivity contribution in [2.24, 2.45) is 0 Å². The van der Waals surface area contributed by atoms with Gasteiger partial charge in [-0.25, -0.2) is 0 Å². The first-order chi connectivity index (χ1) is 9.81. The van der Waals surface area contributed by atoms with E-state index in [1.54, 1.807) is 6.07 Å². The molecule has 1 unspecified atom stereocenters. The van der Waals surface area contributed by atoms with Crippen LogP contribution in [0.1, 0.15) is 0 Å². The minimum Gasteiger partial charge on any atom is -0.297 e. The summed E-state index contributed by atoms with van der Waals surface area (Å²) in [5.41, 5.74) is 3.39. The summed E-state index contributed by atoms with van der Waals surface area (Å²) in [5.74, 6) is 0. The van der Waals surface area contributed by atoms with E-state index < -0.39 is 0 Å². The van der Waals surface area contributed by atoms with Crippen LogP contribution in [-0.2, 0) is 0 Å². The highest BCUT2D eigenvalue weighted by Crippen LogP contribution is 2.18. The van der Waals surface area contributed by atoms with Crippen molar-refractivity contribution in [1.29, 1.82) is 0 Å². The van der Waals surface area contributed by atoms with Gasteiger partial charge in [0.25, 0.3) is 5.56 Å². The molecule has 0 aliphatic carbocycles. The van der Waals surface area contributed by atoms with E-state index in [-0.39, 0.29) is 5.56 Å². The minimum atomic E-state index is 0.0553. The smallest absolute Gasteiger partial charge is 0.256 e. The van der Waals surface area contributed by atoms with Gasteiger partial charge in [0.05, 0.1) is 17.4 Å². The van der Waals surface area contributed by atoms with E-state index in [4.69, 9.17) is 0 Å². The summed E-state index contributed by atoms with van der Waals surface area (Å²) in [6.45, 7) is 1.99. The van der Waals surface area contributed by atoms with Crippen LogP contribution in [0.15, 0.2) is 41.2 Å². The molecule has 3 heterocycles. The van der Waals surface area contributed by atoms with Gasteiger partial charge in [-0.3, -0.25) is 14.1 Å². The molecule has 0 saturated heterocycles. The fraction of sp³-hybridized carbons (Fsp3) is 0.188. The number of pyridine rings is 1. The number of hydrogen-bond donors (Lipinski definition) is 1. The van der Waals surface area contributed by atoms with Gasteiger partial charge in [0.2, 0.25) is 0 Å². The van der Waals surface area contributed by atoms with Crippen LogP contribution in [0, 0.1) is 0 Å². The molecule has 4 rings (SSSR count). The van der Waals surface area contributed by atoms with Crippen molar-refractivity contribution in [2.75, 3.05) is 18.4 Å². The lowest BCUT2D eigenvalue weighted by Crippen LogP contribution is -3.08. The van der Waals surface area contributed by atoms with Gasteiger partial charge in [-0.15, -0.1) is 0 Å². The van der Waals surface area contributed by atoms with E-state index in [2.05, 4.69) is 28.1 Å². The van der Waals surface area contributed by atoms with Crippen LogP contribution in [-0.4, -0.2) is 22.8 Å². The van der Waals surface area contributed by atoms with Crippen molar-refractivity contribution in [2.45, 2.75) is 0 Å². The van der Waals surface area contributed by atoms with Crippen LogP contribution < -0.4 is 15.7 Å². The molecular weight excluding hydrogens is 316 g/mol. The Hall–Kier alpha value is -1.65. The van der Waals surface area contributed by atoms with E-state index in [0.29, 0.717) is 0 Å². The first-order valence-corrected chi connectivity index (χ1v) is 7.91. The van der Waals surface area contributed by atoms with Crippen LogP contribution in [0.3, 0.4) is 0 Å². The molecule has 0 saturated carbocycles. The Labute approximate surface area is 124 Å². The van der Waals surface area contributed by atoms with Crippen molar-refractivity contribution < 1.29 is 4.90 Å². The summed E-state index contributed by atoms with van der Waals surface area (Å²) in [5, 5.41) is 3.35. The van der Waals surface area contributed by atoms with Crippen LogP contribution in [0.25, 0.3) is 22.5 Å². The molecule has 1 aliphatic heterocycles. The van der Waals surface area contributed by atoms with Gasteiger partial charge >= 0.3 is 0 Å². The molecule has 0 radical (unpaired) electrons. The Morgan fingerprint density at radius 1 is 1.20 bits per heavy atom. The van der Waals surface area contributed by atoms with Crippen molar-refractivity contribution in [1.82, 2.24) is 4.40 Å². The third kappa shape index (κ3) is 1.52. The molecule has 1 aromatic carbocycles. The van der Waals surface area contributed by atoms with Crippen LogP contribution >= 0.6 is 15.9 Å². The molecule has 1 atom stereocenters. The number of hydrogen-bond acceptors (Lipinski definition) is 1. The second-order valence-electron chi connectivity index (χ2n) is 5.15. The number of rotatable bonds is 2. The van der Waals surface area contributed by atoms with E-state index >= 15 is 0 Å². The van der Waals surface area contributed by atoms with Crippen molar-refractivity contribution >= 4 is 44.1 Å². The maximum absolute atomic E-state index is 12.3. The molecule has 2 aromatic heterocycles. The Morgan fingerprint density at radius 2 is 2.05 bits per heavy atom. The highest BCUT2D eigenvalue weighted by atomic mass is 79.9. The van der Waals surface area contributed by atoms with Gasteiger partial charge in [0.1, 0.15) is 12.1 Å². The van der Waals surface area contributed by atoms with Crippen LogP contribution in [0.4, 0.5) is 5.69 Å². The standard InChI is InChI=1S/C16H13BrN2O/c17-8-10-18-9-7-12-11-3-1-2-4-13(11)19-15(20)6-5-14(18)16(12)19/h1-7H,8-10H2/p+1. The number of fused-ring (bicyclic) bond motifs is 3. The Balaban J connectivity index is 2.23. The lowest BCUT2D eigenvalue weighted by atomic mass is 10.1. The zero-order valence-electron chi connectivity index (χ0n) is 10.9. The normalized spacial score (nSPS) is 17.6. The molecule has 4 heteroatoms. The summed E-state index contributed by atoms with van der Waals surface area (Å²) in [6.07, 6.45) is 2.27. The summed E-state index contributed by atoms with van der Waals surface area (Å²) >= 11 is 3.52. The summed E-state index contributed by atoms with van der Waals surface area (Å²) in [6, 6.07) is 11.8. The monoisotopic (exact) mass is 329 g/mol. The number of nitrogens with one attached hydrogen (secondary N) is 1. The average Bonchev–Trinajstić information content (AvgIpc) is 2.81. The molecule has 0 amide bonds. The highest BCUT2D eigenvalue weighted by molar-refractivity contribution is 9.09. The number of benzene rings is 1. The number of halogens is 1. The van der Waals surface area contributed by atoms with Gasteiger partial charge in [0.15, 0.2) is 5.69 Å². The Bertz CT molecular complexity index is 929. The van der Waals surface area contributed by atoms with Gasteiger partial charge in [-0.2, -0.15) is 0 Å². The predicted octanol–water partition coefficient (Wildman–Crippen LogP) is 0.877. The zero-order chi connectivity index (χ0) is 13.7. The Kier molecular flexibility index (Phi) is 2.69. The number of aromatic nitrogens is 1. The van der Waals surface area contributed by atoms with E-state index in [1.165, 1.54) is 21.2 Å². The fourth-order valence-electron chi connectivity index (χ4n) is 3.25. The predicted molar refractivity (Wildman–Crippen MR) is 85.0 cm³/mol. The fourth-order valence-corrected chi connectivity index (χ4v) is 3.72. The van der Waals surface area contributed by atoms with E-state index in [0.717, 1.165) is 29.5 Å². The lowest BCUT2D eigenvalue weighted by Gasteiger charge is -2.19. The molecule has 0 bridgehead atoms. The van der Waals surface area contributed by atoms with Gasteiger partial charge < -0.3 is 0 Å². The van der Waals surface area contributed by atoms with Crippen molar-refractivity contribution in [3.8, 4) is 0 Å². The van der Waals surface area contributed by atoms with Crippen LogP contribution in [0.5, 0.6) is 0 Å². The third-order valence-corrected chi connectivity index (χ3v) is 4.51. The highest BCUT2D eigenvalue weighted by Gasteiger charge is 2.23. The van der Waals surface area contributed by atoms with Crippen molar-refractivity contribution in [3.05, 3.63) is 52.0 Å². The summed E-state index contributed by atoms with van der Waals surface area (Å²) in [7, 11) is 0. The molecule has 1 N–H and O–H groups in total. The van der Waals surface area contributed by atoms with Gasteiger partial charge in [0, 0.05) is 22.7 Å². The molecule has 20 heavy (non-hydrogen) atoms. The first kappa shape index (κ1) is 12.1. The van der Waals surface area contributed by atoms with Crippen LogP contribution in [0.2, 0.25) is 0 Å². The second kappa shape index (κ2) is 4.43. The van der Waals surface area contributed by atoms with Gasteiger partial charge in [-0.05, 0) is 12.1 Å². The largest absolute Gasteiger partial charge is 0.297 e. The molecular formula is C16H14BrN2O+. The molecule has 0 fully saturated rings. The Morgan fingerprint density at radius 3 is 2.90 bits per heavy atom. The zero-order valence-corrected chi connectivity index (χ0v) is 12.5. The topological polar surface area (TPSA) is 25.9 Å². The second-order valence-corrected chi connectivity index (χ2v) is 5.94. The molecule has 0 spiro atoms. The molecule has 1 aliphatic rings. The number of nitrogens with zero attached hydrogens (tertiary/aromatic N) is 1. The van der Waals surface area contributed by atoms with Crippen molar-refractivity contribution in [3.63, 3.8) is 0 Å². The maximum atomic E-state index is 12.3. The summed E-state index contributed by atoms with van der Waals surface area (Å²) < 4.78 is 1.86. The SMILES string of the molecule is O=c1ccc2c3c(c4ccccc4n13)=CC[NH+]2CCBr. The van der Waals surface area contributed by atoms with Gasteiger partial charge in [-0.1, -0.05) is 34.1 Å². The number of quaternary nitrogens is 1. The number of alkyl halides is 1. The number of para-hydroxylation sites is 1. The minimum absolute atomic E-state index is 0.0553. The molecule has 3 aromatic rings. The quantitative estimate of drug-likeness (QED) is 0.694. The molecule has 3 nitrogen and oxygen atoms in total. The summed E-state index contributed by atoms with van der Waals surface area (Å²) in [4.78, 5) is 13.7. The third-order valence-electron chi connectivity index (χ3n) is 4.11.